The highest BCUT2D eigenvalue weighted by Gasteiger charge is 2.23. The number of ether oxygens (including phenoxy) is 1. The largest absolute Gasteiger partial charge is 0.373 e. The van der Waals surface area contributed by atoms with Crippen LogP contribution in [-0.4, -0.2) is 19.6 Å². The predicted octanol–water partition coefficient (Wildman–Crippen LogP) is 6.03. The van der Waals surface area contributed by atoms with Gasteiger partial charge in [0, 0.05) is 0 Å². The molecule has 154 valence electrons. The van der Waals surface area contributed by atoms with Crippen LogP contribution >= 0.6 is 0 Å². The molecule has 1 saturated heterocycles. The molecular weight excluding hydrogens is 360 g/mol. The Balaban J connectivity index is 1.67. The minimum atomic E-state index is -4.13. The summed E-state index contributed by atoms with van der Waals surface area (Å²) in [6.07, 6.45) is 10.0. The molecule has 0 saturated carbocycles. The zero-order chi connectivity index (χ0) is 19.9. The molecule has 3 atom stereocenters. The lowest BCUT2D eigenvalue weighted by Gasteiger charge is -2.29. The third-order valence-corrected chi connectivity index (χ3v) is 6.58. The summed E-state index contributed by atoms with van der Waals surface area (Å²) in [4.78, 5) is -0.0672. The Morgan fingerprint density at radius 1 is 1.04 bits per heavy atom. The van der Waals surface area contributed by atoms with Crippen molar-refractivity contribution >= 4 is 10.1 Å². The lowest BCUT2D eigenvalue weighted by Crippen LogP contribution is -2.21. The molecule has 4 nitrogen and oxygen atoms in total. The average Bonchev–Trinajstić information content (AvgIpc) is 2.61. The van der Waals surface area contributed by atoms with Crippen LogP contribution in [-0.2, 0) is 14.9 Å². The SMILES string of the molecule is CC(C)CCCC(C)CCCC1CCC(c2ccc(S(=O)(=O)O)cc2)OC1. The van der Waals surface area contributed by atoms with E-state index in [1.165, 1.54) is 50.7 Å². The molecule has 5 heteroatoms. The first-order valence-electron chi connectivity index (χ1n) is 10.4. The first-order valence-corrected chi connectivity index (χ1v) is 11.9. The quantitative estimate of drug-likeness (QED) is 0.490. The number of hydrogen-bond acceptors (Lipinski definition) is 3. The fraction of sp³-hybridized carbons (Fsp3) is 0.727. The van der Waals surface area contributed by atoms with Gasteiger partial charge in [-0.15, -0.1) is 0 Å². The van der Waals surface area contributed by atoms with Gasteiger partial charge in [-0.2, -0.15) is 8.42 Å². The van der Waals surface area contributed by atoms with Crippen molar-refractivity contribution in [1.82, 2.24) is 0 Å². The Bertz CT molecular complexity index is 643. The van der Waals surface area contributed by atoms with Crippen molar-refractivity contribution in [1.29, 1.82) is 0 Å². The predicted molar refractivity (Wildman–Crippen MR) is 109 cm³/mol. The zero-order valence-corrected chi connectivity index (χ0v) is 17.9. The van der Waals surface area contributed by atoms with Gasteiger partial charge in [-0.25, -0.2) is 0 Å². The highest BCUT2D eigenvalue weighted by molar-refractivity contribution is 7.85. The van der Waals surface area contributed by atoms with E-state index in [9.17, 15) is 8.42 Å². The van der Waals surface area contributed by atoms with Gasteiger partial charge in [0.05, 0.1) is 17.6 Å². The Hall–Kier alpha value is -0.910. The van der Waals surface area contributed by atoms with Crippen LogP contribution in [0.5, 0.6) is 0 Å². The Morgan fingerprint density at radius 2 is 1.70 bits per heavy atom. The molecule has 0 radical (unpaired) electrons. The molecule has 1 heterocycles. The molecule has 1 aliphatic heterocycles. The van der Waals surface area contributed by atoms with Crippen LogP contribution in [0.1, 0.15) is 83.8 Å². The molecule has 0 spiro atoms. The molecule has 0 aliphatic carbocycles. The molecule has 27 heavy (non-hydrogen) atoms. The molecule has 1 aromatic rings. The summed E-state index contributed by atoms with van der Waals surface area (Å²) in [5, 5.41) is 0. The van der Waals surface area contributed by atoms with E-state index in [-0.39, 0.29) is 11.0 Å². The summed E-state index contributed by atoms with van der Waals surface area (Å²) >= 11 is 0. The van der Waals surface area contributed by atoms with Gasteiger partial charge < -0.3 is 4.74 Å². The maximum Gasteiger partial charge on any atom is 0.294 e. The highest BCUT2D eigenvalue weighted by Crippen LogP contribution is 2.33. The van der Waals surface area contributed by atoms with Gasteiger partial charge in [-0.1, -0.05) is 65.0 Å². The number of rotatable bonds is 10. The normalized spacial score (nSPS) is 22.1. The van der Waals surface area contributed by atoms with Gasteiger partial charge in [0.2, 0.25) is 0 Å². The summed E-state index contributed by atoms with van der Waals surface area (Å²) in [6.45, 7) is 7.75. The van der Waals surface area contributed by atoms with E-state index in [0.717, 1.165) is 36.8 Å². The van der Waals surface area contributed by atoms with Crippen molar-refractivity contribution in [2.75, 3.05) is 6.61 Å². The summed E-state index contributed by atoms with van der Waals surface area (Å²) in [6, 6.07) is 6.38. The van der Waals surface area contributed by atoms with Crippen LogP contribution in [0.25, 0.3) is 0 Å². The topological polar surface area (TPSA) is 63.6 Å². The van der Waals surface area contributed by atoms with E-state index in [4.69, 9.17) is 9.29 Å². The smallest absolute Gasteiger partial charge is 0.294 e. The lowest BCUT2D eigenvalue weighted by atomic mass is 9.89. The second-order valence-corrected chi connectivity index (χ2v) is 10.1. The van der Waals surface area contributed by atoms with Crippen LogP contribution in [0.2, 0.25) is 0 Å². The first kappa shape index (κ1) is 22.4. The van der Waals surface area contributed by atoms with Gasteiger partial charge in [0.15, 0.2) is 0 Å². The van der Waals surface area contributed by atoms with E-state index >= 15 is 0 Å². The molecule has 1 aliphatic rings. The fourth-order valence-corrected chi connectivity index (χ4v) is 4.40. The number of hydrogen-bond donors (Lipinski definition) is 1. The third kappa shape index (κ3) is 7.92. The van der Waals surface area contributed by atoms with Gasteiger partial charge in [0.25, 0.3) is 10.1 Å². The minimum Gasteiger partial charge on any atom is -0.373 e. The van der Waals surface area contributed by atoms with Crippen molar-refractivity contribution in [3.05, 3.63) is 29.8 Å². The molecule has 1 aromatic carbocycles. The maximum atomic E-state index is 11.1. The maximum absolute atomic E-state index is 11.1. The van der Waals surface area contributed by atoms with Gasteiger partial charge in [0.1, 0.15) is 0 Å². The van der Waals surface area contributed by atoms with Crippen LogP contribution in [0.3, 0.4) is 0 Å². The van der Waals surface area contributed by atoms with Crippen LogP contribution in [0.4, 0.5) is 0 Å². The van der Waals surface area contributed by atoms with Crippen molar-refractivity contribution < 1.29 is 17.7 Å². The summed E-state index contributed by atoms with van der Waals surface area (Å²) in [5.74, 6) is 2.28. The van der Waals surface area contributed by atoms with Gasteiger partial charge >= 0.3 is 0 Å². The zero-order valence-electron chi connectivity index (χ0n) is 17.1. The van der Waals surface area contributed by atoms with E-state index in [2.05, 4.69) is 20.8 Å². The molecule has 0 aromatic heterocycles. The fourth-order valence-electron chi connectivity index (χ4n) is 3.92. The molecule has 1 fully saturated rings. The molecular formula is C22H36O4S. The van der Waals surface area contributed by atoms with Crippen molar-refractivity contribution in [2.45, 2.75) is 83.1 Å². The number of benzene rings is 1. The lowest BCUT2D eigenvalue weighted by molar-refractivity contribution is -0.0201. The van der Waals surface area contributed by atoms with Crippen LogP contribution < -0.4 is 0 Å². The van der Waals surface area contributed by atoms with E-state index in [0.29, 0.717) is 5.92 Å². The van der Waals surface area contributed by atoms with E-state index < -0.39 is 10.1 Å². The average molecular weight is 397 g/mol. The first-order chi connectivity index (χ1) is 12.8. The summed E-state index contributed by atoms with van der Waals surface area (Å²) in [5.41, 5.74) is 0.986. The molecule has 2 rings (SSSR count). The second-order valence-electron chi connectivity index (χ2n) is 8.67. The van der Waals surface area contributed by atoms with Gasteiger partial charge in [-0.3, -0.25) is 4.55 Å². The molecule has 0 bridgehead atoms. The second kappa shape index (κ2) is 10.6. The van der Waals surface area contributed by atoms with Crippen molar-refractivity contribution in [2.24, 2.45) is 17.8 Å². The van der Waals surface area contributed by atoms with Crippen LogP contribution in [0.15, 0.2) is 29.2 Å². The van der Waals surface area contributed by atoms with Crippen molar-refractivity contribution in [3.63, 3.8) is 0 Å². The monoisotopic (exact) mass is 396 g/mol. The summed E-state index contributed by atoms with van der Waals surface area (Å²) in [7, 11) is -4.13. The minimum absolute atomic E-state index is 0.0339. The van der Waals surface area contributed by atoms with Crippen LogP contribution in [0, 0.1) is 17.8 Å². The highest BCUT2D eigenvalue weighted by atomic mass is 32.2. The summed E-state index contributed by atoms with van der Waals surface area (Å²) < 4.78 is 37.3. The Morgan fingerprint density at radius 3 is 2.26 bits per heavy atom. The standard InChI is InChI=1S/C22H36O4S/c1-17(2)6-4-7-18(3)8-5-9-19-10-15-22(26-16-19)20-11-13-21(14-12-20)27(23,24)25/h11-14,17-19,22H,4-10,15-16H2,1-3H3,(H,23,24,25). The van der Waals surface area contributed by atoms with Crippen molar-refractivity contribution in [3.8, 4) is 0 Å². The van der Waals surface area contributed by atoms with E-state index in [1.54, 1.807) is 12.1 Å². The third-order valence-electron chi connectivity index (χ3n) is 5.71. The molecule has 1 N–H and O–H groups in total. The molecule has 3 unspecified atom stereocenters. The Labute approximate surface area is 165 Å². The Kier molecular flexibility index (Phi) is 8.77. The van der Waals surface area contributed by atoms with E-state index in [1.807, 2.05) is 0 Å². The molecule has 0 amide bonds. The van der Waals surface area contributed by atoms with Gasteiger partial charge in [-0.05, 0) is 54.7 Å².